The van der Waals surface area contributed by atoms with E-state index in [9.17, 15) is 128 Å². The quantitative estimate of drug-likeness (QED) is 0.0542. The Morgan fingerprint density at radius 3 is 0.867 bits per heavy atom. The minimum absolute atomic E-state index is 0.0675. The maximum atomic E-state index is 13.4. The molecule has 0 aliphatic rings. The van der Waals surface area contributed by atoms with Gasteiger partial charge in [0.25, 0.3) is 12.1 Å². The molecule has 60 heavy (non-hydrogen) atoms. The molecule has 0 fully saturated rings. The Morgan fingerprint density at radius 1 is 0.483 bits per heavy atom. The molecule has 38 heteroatoms. The minimum atomic E-state index is -7.17. The van der Waals surface area contributed by atoms with Crippen LogP contribution in [0.4, 0.5) is 123 Å². The molecule has 11 nitrogen and oxygen atoms in total. The normalized spacial score (nSPS) is 14.4. The van der Waals surface area contributed by atoms with E-state index in [4.69, 9.17) is 9.59 Å². The molecule has 0 radical (unpaired) electrons. The Bertz CT molecular complexity index is 1400. The summed E-state index contributed by atoms with van der Waals surface area (Å²) < 4.78 is 344. The van der Waals surface area contributed by atoms with Gasteiger partial charge in [-0.25, -0.2) is 18.8 Å². The molecule has 0 N–H and O–H groups in total. The maximum Gasteiger partial charge on any atom is 0.495 e. The van der Waals surface area contributed by atoms with Crippen LogP contribution in [0.15, 0.2) is 25.3 Å². The highest BCUT2D eigenvalue weighted by molar-refractivity contribution is 5.78. The van der Waals surface area contributed by atoms with Crippen molar-refractivity contribution < 1.29 is 171 Å². The first kappa shape index (κ1) is 64.5. The van der Waals surface area contributed by atoms with Gasteiger partial charge >= 0.3 is 84.5 Å². The second kappa shape index (κ2) is 23.4. The van der Waals surface area contributed by atoms with Gasteiger partial charge in [0.1, 0.15) is 0 Å². The fourth-order valence-corrected chi connectivity index (χ4v) is 1.79. The van der Waals surface area contributed by atoms with Gasteiger partial charge in [0.05, 0.1) is 21.3 Å². The van der Waals surface area contributed by atoms with Crippen LogP contribution < -0.4 is 0 Å². The van der Waals surface area contributed by atoms with Gasteiger partial charge in [-0.3, -0.25) is 14.3 Å². The van der Waals surface area contributed by atoms with Gasteiger partial charge in [0.2, 0.25) is 0 Å². The van der Waals surface area contributed by atoms with Crippen molar-refractivity contribution in [1.82, 2.24) is 0 Å². The summed E-state index contributed by atoms with van der Waals surface area (Å²) in [5.74, 6) is -33.2. The monoisotopic (exact) mass is 968 g/mol. The van der Waals surface area contributed by atoms with E-state index in [0.29, 0.717) is 0 Å². The number of methoxy groups -OCH3 is 3. The molecular weight excluding hydrogens is 953 g/mol. The van der Waals surface area contributed by atoms with Crippen LogP contribution in [-0.2, 0) is 47.7 Å². The Morgan fingerprint density at radius 2 is 0.717 bits per heavy atom. The van der Waals surface area contributed by atoms with Crippen LogP contribution in [0.1, 0.15) is 0 Å². The summed E-state index contributed by atoms with van der Waals surface area (Å²) in [5, 5.41) is 0. The first-order valence-electron chi connectivity index (χ1n) is 12.3. The second-order valence-corrected chi connectivity index (χ2v) is 8.39. The highest BCUT2D eigenvalue weighted by atomic mass is 19.4. The van der Waals surface area contributed by atoms with Crippen LogP contribution in [0.3, 0.4) is 0 Å². The summed E-state index contributed by atoms with van der Waals surface area (Å²) in [6, 6.07) is -4.71. The molecule has 0 aromatic heterocycles. The molecule has 0 heterocycles. The number of ether oxygens (including phenoxy) is 6. The number of rotatable bonds is 14. The van der Waals surface area contributed by atoms with Gasteiger partial charge in [-0.1, -0.05) is 0 Å². The molecule has 0 aromatic rings. The summed E-state index contributed by atoms with van der Waals surface area (Å²) in [5.41, 5.74) is 0. The number of esters is 2. The minimum Gasteiger partial charge on any atom is -0.464 e. The summed E-state index contributed by atoms with van der Waals surface area (Å²) in [4.78, 5) is 39.6. The Kier molecular flexibility index (Phi) is 25.1. The van der Waals surface area contributed by atoms with Crippen LogP contribution in [0, 0.1) is 0 Å². The largest absolute Gasteiger partial charge is 0.495 e. The van der Waals surface area contributed by atoms with Crippen molar-refractivity contribution in [2.75, 3.05) is 28.0 Å². The molecule has 0 aliphatic heterocycles. The fourth-order valence-electron chi connectivity index (χ4n) is 1.79. The smallest absolute Gasteiger partial charge is 0.464 e. The molecule has 358 valence electrons. The van der Waals surface area contributed by atoms with Crippen LogP contribution in [0.25, 0.3) is 0 Å². The van der Waals surface area contributed by atoms with Crippen molar-refractivity contribution >= 4 is 24.2 Å². The van der Waals surface area contributed by atoms with Gasteiger partial charge in [-0.05, 0) is 17.7 Å². The first-order chi connectivity index (χ1) is 26.1. The van der Waals surface area contributed by atoms with E-state index >= 15 is 0 Å². The number of alkyl halides is 21. The number of hydrogen-bond acceptors (Lipinski definition) is 11. The SMILES string of the molecule is C=C(F)F.C=C(F)OC(F)(F)C(F)(OC(F)(F)C(F)(F)C(=O)OC)C(F)(F)F.COC(=O)C(F)(F)C(F)(F)OC(F)(C(F)(F)F)C(F)(F)OF.COC(=O)F.O=C(F)CF. The molecule has 0 aromatic carbocycles. The van der Waals surface area contributed by atoms with Crippen LogP contribution in [-0.4, -0.2) is 113 Å². The summed E-state index contributed by atoms with van der Waals surface area (Å²) in [6.45, 7) is 2.58. The molecule has 0 aliphatic carbocycles. The van der Waals surface area contributed by atoms with Gasteiger partial charge in [0, 0.05) is 0 Å². The van der Waals surface area contributed by atoms with Crippen molar-refractivity contribution in [3.05, 3.63) is 25.3 Å². The predicted molar refractivity (Wildman–Crippen MR) is 126 cm³/mol. The van der Waals surface area contributed by atoms with E-state index in [1.807, 2.05) is 11.3 Å². The van der Waals surface area contributed by atoms with Crippen LogP contribution in [0.5, 0.6) is 0 Å². The van der Waals surface area contributed by atoms with Gasteiger partial charge < -0.3 is 18.9 Å². The molecule has 0 spiro atoms. The maximum absolute atomic E-state index is 13.4. The number of hydrogen-bond donors (Lipinski definition) is 0. The zero-order valence-corrected chi connectivity index (χ0v) is 27.8. The van der Waals surface area contributed by atoms with Crippen LogP contribution in [0.2, 0.25) is 0 Å². The highest BCUT2D eigenvalue weighted by Gasteiger charge is 2.83. The van der Waals surface area contributed by atoms with E-state index in [1.165, 1.54) is 4.94 Å². The summed E-state index contributed by atoms with van der Waals surface area (Å²) in [6.07, 6.45) is -45.0. The second-order valence-electron chi connectivity index (χ2n) is 8.39. The number of carbonyl (C=O) groups is 4. The molecule has 2 atom stereocenters. The predicted octanol–water partition coefficient (Wildman–Crippen LogP) is 9.38. The van der Waals surface area contributed by atoms with E-state index in [2.05, 4.69) is 25.5 Å². The fraction of sp³-hybridized carbons (Fsp3) is 0.636. The summed E-state index contributed by atoms with van der Waals surface area (Å²) >= 11 is 0. The average molecular weight is 968 g/mol. The molecule has 0 saturated carbocycles. The molecule has 0 rings (SSSR count). The lowest BCUT2D eigenvalue weighted by Crippen LogP contribution is -2.64. The number of carbonyl (C=O) groups excluding carboxylic acids is 4. The average Bonchev–Trinajstić information content (AvgIpc) is 3.05. The van der Waals surface area contributed by atoms with Gasteiger partial charge in [-0.2, -0.15) is 105 Å². The van der Waals surface area contributed by atoms with Crippen molar-refractivity contribution in [2.24, 2.45) is 0 Å². The van der Waals surface area contributed by atoms with Crippen molar-refractivity contribution in [3.63, 3.8) is 0 Å². The molecule has 2 unspecified atom stereocenters. The highest BCUT2D eigenvalue weighted by Crippen LogP contribution is 2.54. The van der Waals surface area contributed by atoms with E-state index in [-0.39, 0.29) is 14.2 Å². The zero-order valence-electron chi connectivity index (χ0n) is 27.8. The standard InChI is InChI=1S/C9H5F11O4.C7H3F11O4.C2H2F2O.C2H2F2.C2H3FO2/c1-3(10)23-9(19,20)6(13,7(14,15)16)24-8(17,18)5(11,12)4(21)22-2;1-20-2(19)3(8,9)6(14,15)21-4(10,5(11,12)13)7(16,17)22-18;3-1-2(4)5;1-2(3)4;1-5-2(3)4/h1H2,2H3;1H3;1H2;1H2;1H3. The van der Waals surface area contributed by atoms with Gasteiger partial charge in [-0.15, -0.1) is 9.33 Å². The van der Waals surface area contributed by atoms with Crippen molar-refractivity contribution in [3.8, 4) is 0 Å². The van der Waals surface area contributed by atoms with E-state index < -0.39 is 103 Å². The zero-order chi connectivity index (χ0) is 50.1. The van der Waals surface area contributed by atoms with E-state index in [0.717, 1.165) is 7.11 Å². The Balaban J connectivity index is -0.000000255. The van der Waals surface area contributed by atoms with Crippen molar-refractivity contribution in [2.45, 2.75) is 60.3 Å². The lowest BCUT2D eigenvalue weighted by Gasteiger charge is -2.36. The van der Waals surface area contributed by atoms with E-state index in [1.54, 1.807) is 4.74 Å². The first-order valence-corrected chi connectivity index (χ1v) is 12.3. The Hall–Kier alpha value is -4.65. The molecule has 0 bridgehead atoms. The van der Waals surface area contributed by atoms with Gasteiger partial charge in [0.15, 0.2) is 6.67 Å². The third kappa shape index (κ3) is 18.3. The molecular formula is C22H15F27O11. The summed E-state index contributed by atoms with van der Waals surface area (Å²) in [7, 11) is 1.12. The third-order valence-electron chi connectivity index (χ3n) is 4.23. The topological polar surface area (TPSA) is 133 Å². The van der Waals surface area contributed by atoms with Crippen molar-refractivity contribution in [1.29, 1.82) is 0 Å². The molecule has 0 amide bonds. The Labute approximate surface area is 310 Å². The molecule has 0 saturated heterocycles. The van der Waals surface area contributed by atoms with Crippen LogP contribution >= 0.6 is 0 Å². The third-order valence-corrected chi connectivity index (χ3v) is 4.23. The lowest BCUT2D eigenvalue weighted by molar-refractivity contribution is -0.538. The number of halogens is 27. The lowest BCUT2D eigenvalue weighted by atomic mass is 10.2.